The second-order valence-corrected chi connectivity index (χ2v) is 4.79. The van der Waals surface area contributed by atoms with Crippen LogP contribution in [0.25, 0.3) is 10.8 Å². The Bertz CT molecular complexity index is 518. The molecule has 2 aromatic rings. The van der Waals surface area contributed by atoms with E-state index in [2.05, 4.69) is 9.97 Å². The van der Waals surface area contributed by atoms with E-state index < -0.39 is 0 Å². The third-order valence-electron chi connectivity index (χ3n) is 3.39. The van der Waals surface area contributed by atoms with Crippen molar-refractivity contribution in [3.8, 4) is 0 Å². The summed E-state index contributed by atoms with van der Waals surface area (Å²) in [5, 5.41) is 2.87. The van der Waals surface area contributed by atoms with Crippen LogP contribution in [0.1, 0.15) is 37.3 Å². The van der Waals surface area contributed by atoms with Crippen molar-refractivity contribution < 1.29 is 0 Å². The molecule has 3 heteroatoms. The lowest BCUT2D eigenvalue weighted by atomic mass is 9.99. The highest BCUT2D eigenvalue weighted by molar-refractivity contribution is 6.30. The van der Waals surface area contributed by atoms with E-state index >= 15 is 0 Å². The standard InChI is InChI=1S/C13H13ClN2/c14-12-7-11-10(8-16-12)5-6-15-13(11)9-3-1-2-4-9/h5-9H,1-4H2. The fourth-order valence-corrected chi connectivity index (χ4v) is 2.74. The Morgan fingerprint density at radius 1 is 1.19 bits per heavy atom. The van der Waals surface area contributed by atoms with Gasteiger partial charge in [-0.05, 0) is 25.0 Å². The van der Waals surface area contributed by atoms with Crippen molar-refractivity contribution in [2.75, 3.05) is 0 Å². The molecule has 1 aliphatic rings. The molecule has 0 radical (unpaired) electrons. The average molecular weight is 233 g/mol. The quantitative estimate of drug-likeness (QED) is 0.696. The number of fused-ring (bicyclic) bond motifs is 1. The van der Waals surface area contributed by atoms with Gasteiger partial charge in [-0.2, -0.15) is 0 Å². The zero-order valence-corrected chi connectivity index (χ0v) is 9.74. The van der Waals surface area contributed by atoms with Gasteiger partial charge in [0.05, 0.1) is 5.69 Å². The second kappa shape index (κ2) is 4.02. The molecule has 1 saturated carbocycles. The summed E-state index contributed by atoms with van der Waals surface area (Å²) in [5.41, 5.74) is 1.21. The van der Waals surface area contributed by atoms with Gasteiger partial charge in [0, 0.05) is 29.1 Å². The fourth-order valence-electron chi connectivity index (χ4n) is 2.59. The molecule has 0 amide bonds. The van der Waals surface area contributed by atoms with Gasteiger partial charge < -0.3 is 0 Å². The van der Waals surface area contributed by atoms with Crippen LogP contribution in [0.4, 0.5) is 0 Å². The molecule has 0 saturated heterocycles. The first-order valence-electron chi connectivity index (χ1n) is 5.75. The molecule has 0 unspecified atom stereocenters. The molecule has 1 fully saturated rings. The third kappa shape index (κ3) is 1.67. The maximum Gasteiger partial charge on any atom is 0.129 e. The van der Waals surface area contributed by atoms with Gasteiger partial charge in [0.25, 0.3) is 0 Å². The van der Waals surface area contributed by atoms with Gasteiger partial charge >= 0.3 is 0 Å². The topological polar surface area (TPSA) is 25.8 Å². The van der Waals surface area contributed by atoms with Gasteiger partial charge in [0.1, 0.15) is 5.15 Å². The van der Waals surface area contributed by atoms with E-state index in [1.54, 1.807) is 0 Å². The first kappa shape index (κ1) is 10.0. The van der Waals surface area contributed by atoms with E-state index in [0.717, 1.165) is 5.39 Å². The predicted octanol–water partition coefficient (Wildman–Crippen LogP) is 3.94. The molecule has 3 rings (SSSR count). The molecule has 2 aromatic heterocycles. The van der Waals surface area contributed by atoms with Crippen molar-refractivity contribution in [1.82, 2.24) is 9.97 Å². The van der Waals surface area contributed by atoms with Crippen molar-refractivity contribution in [2.45, 2.75) is 31.6 Å². The molecule has 0 atom stereocenters. The molecule has 82 valence electrons. The van der Waals surface area contributed by atoms with Gasteiger partial charge in [-0.15, -0.1) is 0 Å². The Morgan fingerprint density at radius 2 is 2.00 bits per heavy atom. The highest BCUT2D eigenvalue weighted by Gasteiger charge is 2.20. The van der Waals surface area contributed by atoms with Gasteiger partial charge in [-0.1, -0.05) is 24.4 Å². The van der Waals surface area contributed by atoms with Crippen molar-refractivity contribution in [3.05, 3.63) is 35.4 Å². The zero-order chi connectivity index (χ0) is 11.0. The molecule has 0 spiro atoms. The van der Waals surface area contributed by atoms with Crippen LogP contribution in [-0.4, -0.2) is 9.97 Å². The van der Waals surface area contributed by atoms with Gasteiger partial charge in [0.2, 0.25) is 0 Å². The normalized spacial score (nSPS) is 17.1. The lowest BCUT2D eigenvalue weighted by Crippen LogP contribution is -1.97. The first-order chi connectivity index (χ1) is 7.84. The number of hydrogen-bond acceptors (Lipinski definition) is 2. The van der Waals surface area contributed by atoms with Crippen LogP contribution in [0.3, 0.4) is 0 Å². The van der Waals surface area contributed by atoms with Crippen LogP contribution in [0.15, 0.2) is 24.5 Å². The maximum atomic E-state index is 5.96. The number of hydrogen-bond donors (Lipinski definition) is 0. The van der Waals surface area contributed by atoms with Crippen LogP contribution < -0.4 is 0 Å². The molecule has 2 nitrogen and oxygen atoms in total. The van der Waals surface area contributed by atoms with Crippen LogP contribution in [-0.2, 0) is 0 Å². The second-order valence-electron chi connectivity index (χ2n) is 4.41. The van der Waals surface area contributed by atoms with Crippen LogP contribution in [0, 0.1) is 0 Å². The number of halogens is 1. The minimum atomic E-state index is 0.555. The highest BCUT2D eigenvalue weighted by Crippen LogP contribution is 2.36. The van der Waals surface area contributed by atoms with Crippen LogP contribution in [0.5, 0.6) is 0 Å². The largest absolute Gasteiger partial charge is 0.260 e. The van der Waals surface area contributed by atoms with Crippen molar-refractivity contribution >= 4 is 22.4 Å². The number of pyridine rings is 2. The maximum absolute atomic E-state index is 5.96. The van der Waals surface area contributed by atoms with E-state index in [4.69, 9.17) is 11.6 Å². The molecule has 0 bridgehead atoms. The summed E-state index contributed by atoms with van der Waals surface area (Å²) in [4.78, 5) is 8.66. The Morgan fingerprint density at radius 3 is 2.81 bits per heavy atom. The average Bonchev–Trinajstić information content (AvgIpc) is 2.81. The Hall–Kier alpha value is -1.15. The number of aromatic nitrogens is 2. The molecular weight excluding hydrogens is 220 g/mol. The Kier molecular flexibility index (Phi) is 2.52. The summed E-state index contributed by atoms with van der Waals surface area (Å²) in [6, 6.07) is 3.94. The van der Waals surface area contributed by atoms with E-state index in [0.29, 0.717) is 11.1 Å². The van der Waals surface area contributed by atoms with E-state index in [1.165, 1.54) is 36.8 Å². The number of rotatable bonds is 1. The highest BCUT2D eigenvalue weighted by atomic mass is 35.5. The lowest BCUT2D eigenvalue weighted by Gasteiger charge is -2.11. The molecule has 2 heterocycles. The minimum Gasteiger partial charge on any atom is -0.260 e. The molecule has 0 aliphatic heterocycles. The molecule has 0 aromatic carbocycles. The van der Waals surface area contributed by atoms with E-state index in [1.807, 2.05) is 24.5 Å². The summed E-state index contributed by atoms with van der Waals surface area (Å²) in [6.45, 7) is 0. The molecule has 0 N–H and O–H groups in total. The van der Waals surface area contributed by atoms with Gasteiger partial charge in [-0.25, -0.2) is 4.98 Å². The molecular formula is C13H13ClN2. The van der Waals surface area contributed by atoms with Crippen LogP contribution in [0.2, 0.25) is 5.15 Å². The first-order valence-corrected chi connectivity index (χ1v) is 6.12. The van der Waals surface area contributed by atoms with Crippen molar-refractivity contribution in [2.24, 2.45) is 0 Å². The SMILES string of the molecule is Clc1cc2c(C3CCCC3)nccc2cn1. The third-order valence-corrected chi connectivity index (χ3v) is 3.59. The van der Waals surface area contributed by atoms with Crippen molar-refractivity contribution in [3.63, 3.8) is 0 Å². The monoisotopic (exact) mass is 232 g/mol. The number of nitrogens with zero attached hydrogens (tertiary/aromatic N) is 2. The molecule has 16 heavy (non-hydrogen) atoms. The lowest BCUT2D eigenvalue weighted by molar-refractivity contribution is 0.705. The fraction of sp³-hybridized carbons (Fsp3) is 0.385. The summed E-state index contributed by atoms with van der Waals surface area (Å²) in [6.07, 6.45) is 8.87. The summed E-state index contributed by atoms with van der Waals surface area (Å²) < 4.78 is 0. The summed E-state index contributed by atoms with van der Waals surface area (Å²) in [5.74, 6) is 0.613. The molecule has 1 aliphatic carbocycles. The summed E-state index contributed by atoms with van der Waals surface area (Å²) >= 11 is 5.96. The van der Waals surface area contributed by atoms with E-state index in [-0.39, 0.29) is 0 Å². The van der Waals surface area contributed by atoms with E-state index in [9.17, 15) is 0 Å². The Balaban J connectivity index is 2.18. The van der Waals surface area contributed by atoms with Gasteiger partial charge in [0.15, 0.2) is 0 Å². The Labute approximate surface area is 99.7 Å². The van der Waals surface area contributed by atoms with Gasteiger partial charge in [-0.3, -0.25) is 4.98 Å². The minimum absolute atomic E-state index is 0.555. The van der Waals surface area contributed by atoms with Crippen molar-refractivity contribution in [1.29, 1.82) is 0 Å². The van der Waals surface area contributed by atoms with Crippen LogP contribution >= 0.6 is 11.6 Å². The predicted molar refractivity (Wildman–Crippen MR) is 65.8 cm³/mol. The zero-order valence-electron chi connectivity index (χ0n) is 8.99. The smallest absolute Gasteiger partial charge is 0.129 e. The summed E-state index contributed by atoms with van der Waals surface area (Å²) in [7, 11) is 0.